The molecule has 0 atom stereocenters. The summed E-state index contributed by atoms with van der Waals surface area (Å²) in [5.74, 6) is 1.85. The summed E-state index contributed by atoms with van der Waals surface area (Å²) in [6.07, 6.45) is 1.77. The highest BCUT2D eigenvalue weighted by Gasteiger charge is 2.20. The van der Waals surface area contributed by atoms with E-state index >= 15 is 0 Å². The summed E-state index contributed by atoms with van der Waals surface area (Å²) in [5, 5.41) is 2.39. The van der Waals surface area contributed by atoms with Crippen molar-refractivity contribution in [3.63, 3.8) is 0 Å². The first kappa shape index (κ1) is 19.1. The lowest BCUT2D eigenvalue weighted by Gasteiger charge is -2.35. The fourth-order valence-corrected chi connectivity index (χ4v) is 3.51. The average molecular weight is 364 g/mol. The van der Waals surface area contributed by atoms with E-state index in [1.807, 2.05) is 12.1 Å². The first-order valence-corrected chi connectivity index (χ1v) is 9.16. The normalized spacial score (nSPS) is 14.8. The van der Waals surface area contributed by atoms with Crippen LogP contribution in [0.2, 0.25) is 0 Å². The summed E-state index contributed by atoms with van der Waals surface area (Å²) in [5.41, 5.74) is 1.72. The zero-order valence-corrected chi connectivity index (χ0v) is 15.4. The number of nitrogens with zero attached hydrogens (tertiary/aromatic N) is 4. The second-order valence-corrected chi connectivity index (χ2v) is 6.55. The van der Waals surface area contributed by atoms with Crippen molar-refractivity contribution in [1.29, 1.82) is 0 Å². The monoisotopic (exact) mass is 364 g/mol. The van der Waals surface area contributed by atoms with Crippen LogP contribution in [0.25, 0.3) is 22.2 Å². The Labute approximate surface area is 161 Å². The average Bonchev–Trinajstić information content (AvgIpc) is 2.73. The van der Waals surface area contributed by atoms with E-state index in [9.17, 15) is 0 Å². The van der Waals surface area contributed by atoms with Crippen molar-refractivity contribution in [2.24, 2.45) is 0 Å². The number of benzene rings is 1. The minimum Gasteiger partial charge on any atom is -0.497 e. The molecule has 3 aromatic rings. The van der Waals surface area contributed by atoms with Crippen molar-refractivity contribution in [1.82, 2.24) is 14.9 Å². The van der Waals surface area contributed by atoms with Gasteiger partial charge in [-0.05, 0) is 24.1 Å². The molecule has 2 aromatic heterocycles. The zero-order valence-electron chi connectivity index (χ0n) is 15.4. The molecule has 1 aromatic carbocycles. The maximum atomic E-state index is 5.35. The summed E-state index contributed by atoms with van der Waals surface area (Å²) in [6.45, 7) is 7.48. The number of fused-ring (bicyclic) bond motifs is 1. The highest BCUT2D eigenvalue weighted by molar-refractivity contribution is 5.94. The Balaban J connectivity index is 0.00000210. The van der Waals surface area contributed by atoms with Crippen LogP contribution in [0, 0.1) is 0 Å². The van der Waals surface area contributed by atoms with E-state index in [0.29, 0.717) is 0 Å². The first-order valence-electron chi connectivity index (χ1n) is 9.16. The van der Waals surface area contributed by atoms with Gasteiger partial charge in [-0.3, -0.25) is 4.98 Å². The van der Waals surface area contributed by atoms with Crippen molar-refractivity contribution < 1.29 is 4.74 Å². The van der Waals surface area contributed by atoms with E-state index in [4.69, 9.17) is 9.72 Å². The number of ether oxygens (including phenoxy) is 1. The lowest BCUT2D eigenvalue weighted by atomic mass is 10.1. The van der Waals surface area contributed by atoms with Gasteiger partial charge < -0.3 is 14.5 Å². The summed E-state index contributed by atoms with van der Waals surface area (Å²) in [6, 6.07) is 14.4. The number of anilines is 1. The minimum absolute atomic E-state index is 0. The molecule has 0 saturated carbocycles. The summed E-state index contributed by atoms with van der Waals surface area (Å²) < 4.78 is 5.35. The fourth-order valence-electron chi connectivity index (χ4n) is 3.51. The Morgan fingerprint density at radius 1 is 1.00 bits per heavy atom. The van der Waals surface area contributed by atoms with Crippen LogP contribution < -0.4 is 9.64 Å². The molecule has 5 heteroatoms. The van der Waals surface area contributed by atoms with Crippen LogP contribution in [0.3, 0.4) is 0 Å². The Hall–Kier alpha value is -2.66. The second kappa shape index (κ2) is 8.35. The van der Waals surface area contributed by atoms with Gasteiger partial charge in [0.25, 0.3) is 0 Å². The van der Waals surface area contributed by atoms with E-state index in [2.05, 4.69) is 52.0 Å². The summed E-state index contributed by atoms with van der Waals surface area (Å²) in [7, 11) is 1.67. The van der Waals surface area contributed by atoms with E-state index < -0.39 is 0 Å². The maximum absolute atomic E-state index is 5.35. The third-order valence-corrected chi connectivity index (χ3v) is 5.07. The number of aromatic nitrogens is 2. The van der Waals surface area contributed by atoms with Gasteiger partial charge >= 0.3 is 0 Å². The van der Waals surface area contributed by atoms with Crippen LogP contribution in [0.15, 0.2) is 48.7 Å². The molecule has 0 amide bonds. The van der Waals surface area contributed by atoms with Gasteiger partial charge in [-0.1, -0.05) is 38.6 Å². The second-order valence-electron chi connectivity index (χ2n) is 6.55. The maximum Gasteiger partial charge on any atom is 0.137 e. The largest absolute Gasteiger partial charge is 0.497 e. The molecule has 0 radical (unpaired) electrons. The number of hydrogen-bond donors (Lipinski definition) is 0. The van der Waals surface area contributed by atoms with Gasteiger partial charge in [-0.15, -0.1) is 0 Å². The van der Waals surface area contributed by atoms with Crippen LogP contribution in [-0.2, 0) is 0 Å². The number of methoxy groups -OCH3 is 1. The quantitative estimate of drug-likeness (QED) is 0.698. The predicted octanol–water partition coefficient (Wildman–Crippen LogP) is 4.08. The number of piperazine rings is 1. The van der Waals surface area contributed by atoms with E-state index in [-0.39, 0.29) is 7.43 Å². The summed E-state index contributed by atoms with van der Waals surface area (Å²) >= 11 is 0. The van der Waals surface area contributed by atoms with Crippen molar-refractivity contribution in [3.8, 4) is 17.1 Å². The number of rotatable bonds is 4. The van der Waals surface area contributed by atoms with Crippen molar-refractivity contribution >= 4 is 16.6 Å². The molecule has 27 heavy (non-hydrogen) atoms. The predicted molar refractivity (Wildman–Crippen MR) is 113 cm³/mol. The van der Waals surface area contributed by atoms with Crippen molar-refractivity contribution in [2.75, 3.05) is 44.7 Å². The highest BCUT2D eigenvalue weighted by atomic mass is 16.5. The lowest BCUT2D eigenvalue weighted by Crippen LogP contribution is -2.46. The molecular formula is C22H28N4O. The van der Waals surface area contributed by atoms with Gasteiger partial charge in [0, 0.05) is 43.8 Å². The molecule has 1 saturated heterocycles. The standard InChI is InChI=1S/C21H24N4O.CH4/c1-3-24-10-12-25(13-11-24)21-18-7-5-4-6-16(18)14-20(23-21)19-15-17(26-2)8-9-22-19;/h4-9,14-15H,3,10-13H2,1-2H3;1H4. The SMILES string of the molecule is C.CCN1CCN(c2nc(-c3cc(OC)ccn3)cc3ccccc23)CC1. The van der Waals surface area contributed by atoms with Crippen LogP contribution in [0.4, 0.5) is 5.82 Å². The van der Waals surface area contributed by atoms with Gasteiger partial charge in [0.15, 0.2) is 0 Å². The molecule has 3 heterocycles. The van der Waals surface area contributed by atoms with E-state index in [1.165, 1.54) is 10.8 Å². The van der Waals surface area contributed by atoms with Gasteiger partial charge in [0.2, 0.25) is 0 Å². The van der Waals surface area contributed by atoms with Gasteiger partial charge in [0.05, 0.1) is 18.5 Å². The Morgan fingerprint density at radius 3 is 2.52 bits per heavy atom. The minimum atomic E-state index is 0. The molecular weight excluding hydrogens is 336 g/mol. The molecule has 0 aliphatic carbocycles. The van der Waals surface area contributed by atoms with E-state index in [0.717, 1.165) is 55.7 Å². The molecule has 0 N–H and O–H groups in total. The van der Waals surface area contributed by atoms with Crippen LogP contribution >= 0.6 is 0 Å². The highest BCUT2D eigenvalue weighted by Crippen LogP contribution is 2.30. The molecule has 0 unspecified atom stereocenters. The fraction of sp³-hybridized carbons (Fsp3) is 0.364. The Morgan fingerprint density at radius 2 is 1.78 bits per heavy atom. The number of hydrogen-bond acceptors (Lipinski definition) is 5. The topological polar surface area (TPSA) is 41.5 Å². The van der Waals surface area contributed by atoms with E-state index in [1.54, 1.807) is 13.3 Å². The zero-order chi connectivity index (χ0) is 17.9. The third kappa shape index (κ3) is 3.88. The molecule has 142 valence electrons. The summed E-state index contributed by atoms with van der Waals surface area (Å²) in [4.78, 5) is 14.4. The first-order chi connectivity index (χ1) is 12.8. The molecule has 4 rings (SSSR count). The van der Waals surface area contributed by atoms with Gasteiger partial charge in [-0.2, -0.15) is 0 Å². The lowest BCUT2D eigenvalue weighted by molar-refractivity contribution is 0.271. The number of likely N-dealkylation sites (N-methyl/N-ethyl adjacent to an activating group) is 1. The molecule has 1 aliphatic heterocycles. The Kier molecular flexibility index (Phi) is 5.91. The van der Waals surface area contributed by atoms with Crippen LogP contribution in [-0.4, -0.2) is 54.7 Å². The van der Waals surface area contributed by atoms with Crippen molar-refractivity contribution in [3.05, 3.63) is 48.7 Å². The molecule has 1 aliphatic rings. The molecule has 0 bridgehead atoms. The third-order valence-electron chi connectivity index (χ3n) is 5.07. The number of pyridine rings is 2. The van der Waals surface area contributed by atoms with Gasteiger partial charge in [-0.25, -0.2) is 4.98 Å². The smallest absolute Gasteiger partial charge is 0.137 e. The molecule has 0 spiro atoms. The van der Waals surface area contributed by atoms with Crippen LogP contribution in [0.5, 0.6) is 5.75 Å². The Bertz CT molecular complexity index is 904. The van der Waals surface area contributed by atoms with Crippen molar-refractivity contribution in [2.45, 2.75) is 14.4 Å². The molecule has 1 fully saturated rings. The van der Waals surface area contributed by atoms with Crippen LogP contribution in [0.1, 0.15) is 14.4 Å². The van der Waals surface area contributed by atoms with Gasteiger partial charge in [0.1, 0.15) is 11.6 Å². The molecule has 5 nitrogen and oxygen atoms in total.